The van der Waals surface area contributed by atoms with E-state index in [-0.39, 0.29) is 11.8 Å². The summed E-state index contributed by atoms with van der Waals surface area (Å²) in [7, 11) is 0. The molecule has 1 aliphatic rings. The molecule has 0 aromatic rings. The smallest absolute Gasteiger partial charge is 0.236 e. The fraction of sp³-hybridized carbons (Fsp3) is 0.909. The molecule has 2 amide bonds. The number of nitrogens with zero attached hydrogens (tertiary/aromatic N) is 4. The van der Waals surface area contributed by atoms with Gasteiger partial charge >= 0.3 is 0 Å². The van der Waals surface area contributed by atoms with E-state index in [2.05, 4.69) is 44.4 Å². The summed E-state index contributed by atoms with van der Waals surface area (Å²) in [6.45, 7) is 18.7. The van der Waals surface area contributed by atoms with Gasteiger partial charge in [-0.15, -0.1) is 0 Å². The molecule has 28 heavy (non-hydrogen) atoms. The zero-order chi connectivity index (χ0) is 20.9. The van der Waals surface area contributed by atoms with Crippen LogP contribution >= 0.6 is 0 Å². The fourth-order valence-corrected chi connectivity index (χ4v) is 3.98. The maximum absolute atomic E-state index is 12.5. The number of carbonyl (C=O) groups excluding carboxylic acids is 2. The van der Waals surface area contributed by atoms with Crippen molar-refractivity contribution in [2.24, 2.45) is 5.92 Å². The van der Waals surface area contributed by atoms with Crippen LogP contribution in [-0.2, 0) is 9.59 Å². The summed E-state index contributed by atoms with van der Waals surface area (Å²) >= 11 is 0. The summed E-state index contributed by atoms with van der Waals surface area (Å²) in [4.78, 5) is 33.3. The Morgan fingerprint density at radius 1 is 0.821 bits per heavy atom. The van der Waals surface area contributed by atoms with Gasteiger partial charge in [0.25, 0.3) is 0 Å². The monoisotopic (exact) mass is 396 g/mol. The molecule has 0 aromatic carbocycles. The highest BCUT2D eigenvalue weighted by Crippen LogP contribution is 2.22. The van der Waals surface area contributed by atoms with E-state index in [0.29, 0.717) is 19.0 Å². The van der Waals surface area contributed by atoms with E-state index in [0.717, 1.165) is 78.0 Å². The highest BCUT2D eigenvalue weighted by molar-refractivity contribution is 5.78. The van der Waals surface area contributed by atoms with E-state index in [1.165, 1.54) is 0 Å². The zero-order valence-electron chi connectivity index (χ0n) is 19.1. The summed E-state index contributed by atoms with van der Waals surface area (Å²) in [6, 6.07) is 0. The van der Waals surface area contributed by atoms with Crippen LogP contribution in [0.25, 0.3) is 0 Å². The van der Waals surface area contributed by atoms with Gasteiger partial charge < -0.3 is 9.80 Å². The first-order valence-corrected chi connectivity index (χ1v) is 11.5. The minimum Gasteiger partial charge on any atom is -0.342 e. The second-order valence-corrected chi connectivity index (χ2v) is 7.86. The highest BCUT2D eigenvalue weighted by atomic mass is 16.2. The molecule has 0 aromatic heterocycles. The predicted octanol–water partition coefficient (Wildman–Crippen LogP) is 2.54. The van der Waals surface area contributed by atoms with Gasteiger partial charge in [0.05, 0.1) is 13.1 Å². The molecule has 1 fully saturated rings. The number of hydrogen-bond donors (Lipinski definition) is 0. The first kappa shape index (κ1) is 24.9. The minimum absolute atomic E-state index is 0.253. The summed E-state index contributed by atoms with van der Waals surface area (Å²) in [6.07, 6.45) is 4.43. The molecule has 164 valence electrons. The maximum Gasteiger partial charge on any atom is 0.236 e. The lowest BCUT2D eigenvalue weighted by atomic mass is 9.92. The Bertz CT molecular complexity index is 442. The Balaban J connectivity index is 2.30. The van der Waals surface area contributed by atoms with Gasteiger partial charge in [0.1, 0.15) is 0 Å². The Kier molecular flexibility index (Phi) is 12.4. The van der Waals surface area contributed by atoms with Gasteiger partial charge in [0.15, 0.2) is 0 Å². The van der Waals surface area contributed by atoms with Crippen molar-refractivity contribution >= 4 is 11.8 Å². The standard InChI is InChI=1S/C22H44N4O2/c1-6-23(7-2)18-21(27)25(10-5)15-11-12-20-13-16-26(17-14-20)22(28)19-24(8-3)9-4/h20H,6-19H2,1-5H3. The average Bonchev–Trinajstić information content (AvgIpc) is 2.73. The molecule has 0 saturated carbocycles. The largest absolute Gasteiger partial charge is 0.342 e. The predicted molar refractivity (Wildman–Crippen MR) is 116 cm³/mol. The third kappa shape index (κ3) is 8.48. The number of piperidine rings is 1. The molecule has 0 N–H and O–H groups in total. The molecule has 0 bridgehead atoms. The van der Waals surface area contributed by atoms with Crippen molar-refractivity contribution in [3.05, 3.63) is 0 Å². The molecule has 1 heterocycles. The van der Waals surface area contributed by atoms with E-state index in [9.17, 15) is 9.59 Å². The summed E-state index contributed by atoms with van der Waals surface area (Å²) < 4.78 is 0. The molecule has 6 heteroatoms. The van der Waals surface area contributed by atoms with Gasteiger partial charge in [-0.3, -0.25) is 19.4 Å². The molecule has 1 rings (SSSR count). The van der Waals surface area contributed by atoms with Gasteiger partial charge in [-0.25, -0.2) is 0 Å². The number of likely N-dealkylation sites (N-methyl/N-ethyl adjacent to an activating group) is 3. The molecular formula is C22H44N4O2. The molecule has 0 unspecified atom stereocenters. The van der Waals surface area contributed by atoms with Crippen molar-refractivity contribution in [1.29, 1.82) is 0 Å². The number of hydrogen-bond acceptors (Lipinski definition) is 4. The number of likely N-dealkylation sites (tertiary alicyclic amines) is 1. The van der Waals surface area contributed by atoms with Crippen molar-refractivity contribution in [2.45, 2.75) is 60.3 Å². The van der Waals surface area contributed by atoms with Crippen molar-refractivity contribution in [1.82, 2.24) is 19.6 Å². The lowest BCUT2D eigenvalue weighted by Crippen LogP contribution is -2.44. The number of amides is 2. The molecule has 0 aliphatic carbocycles. The van der Waals surface area contributed by atoms with E-state index >= 15 is 0 Å². The van der Waals surface area contributed by atoms with Crippen LogP contribution in [0.1, 0.15) is 60.3 Å². The second kappa shape index (κ2) is 13.9. The van der Waals surface area contributed by atoms with Gasteiger partial charge in [0.2, 0.25) is 11.8 Å². The Morgan fingerprint density at radius 2 is 1.36 bits per heavy atom. The van der Waals surface area contributed by atoms with Crippen LogP contribution in [0.2, 0.25) is 0 Å². The lowest BCUT2D eigenvalue weighted by molar-refractivity contribution is -0.134. The Labute approximate surface area is 173 Å². The lowest BCUT2D eigenvalue weighted by Gasteiger charge is -2.33. The second-order valence-electron chi connectivity index (χ2n) is 7.86. The Morgan fingerprint density at radius 3 is 1.86 bits per heavy atom. The molecule has 0 radical (unpaired) electrons. The van der Waals surface area contributed by atoms with E-state index in [4.69, 9.17) is 0 Å². The first-order valence-electron chi connectivity index (χ1n) is 11.5. The van der Waals surface area contributed by atoms with Gasteiger partial charge in [0, 0.05) is 26.2 Å². The van der Waals surface area contributed by atoms with Gasteiger partial charge in [-0.1, -0.05) is 27.7 Å². The van der Waals surface area contributed by atoms with Crippen LogP contribution in [0.5, 0.6) is 0 Å². The number of rotatable bonds is 13. The SMILES string of the molecule is CCN(CC)CC(=O)N(CC)CCCC1CCN(C(=O)CN(CC)CC)CC1. The number of carbonyl (C=O) groups is 2. The first-order chi connectivity index (χ1) is 13.5. The van der Waals surface area contributed by atoms with Crippen LogP contribution in [0.3, 0.4) is 0 Å². The average molecular weight is 397 g/mol. The summed E-state index contributed by atoms with van der Waals surface area (Å²) in [5.41, 5.74) is 0. The summed E-state index contributed by atoms with van der Waals surface area (Å²) in [5.74, 6) is 1.22. The minimum atomic E-state index is 0.253. The van der Waals surface area contributed by atoms with Crippen LogP contribution in [0.4, 0.5) is 0 Å². The van der Waals surface area contributed by atoms with Crippen molar-refractivity contribution < 1.29 is 9.59 Å². The molecule has 0 atom stereocenters. The topological polar surface area (TPSA) is 47.1 Å². The normalized spacial score (nSPS) is 15.5. The van der Waals surface area contributed by atoms with Crippen LogP contribution in [-0.4, -0.2) is 96.9 Å². The molecule has 6 nitrogen and oxygen atoms in total. The van der Waals surface area contributed by atoms with Crippen molar-refractivity contribution in [2.75, 3.05) is 65.4 Å². The van der Waals surface area contributed by atoms with E-state index in [1.54, 1.807) is 0 Å². The van der Waals surface area contributed by atoms with Crippen molar-refractivity contribution in [3.8, 4) is 0 Å². The fourth-order valence-electron chi connectivity index (χ4n) is 3.98. The molecule has 0 spiro atoms. The van der Waals surface area contributed by atoms with Crippen LogP contribution in [0.15, 0.2) is 0 Å². The van der Waals surface area contributed by atoms with Crippen LogP contribution in [0, 0.1) is 5.92 Å². The maximum atomic E-state index is 12.5. The third-order valence-corrected chi connectivity index (χ3v) is 6.25. The van der Waals surface area contributed by atoms with Gasteiger partial charge in [-0.05, 0) is 64.7 Å². The van der Waals surface area contributed by atoms with E-state index in [1.807, 2.05) is 9.80 Å². The van der Waals surface area contributed by atoms with Gasteiger partial charge in [-0.2, -0.15) is 0 Å². The zero-order valence-corrected chi connectivity index (χ0v) is 19.1. The van der Waals surface area contributed by atoms with E-state index < -0.39 is 0 Å². The molecule has 1 aliphatic heterocycles. The third-order valence-electron chi connectivity index (χ3n) is 6.25. The Hall–Kier alpha value is -1.14. The summed E-state index contributed by atoms with van der Waals surface area (Å²) in [5, 5.41) is 0. The molecular weight excluding hydrogens is 352 g/mol. The molecule has 1 saturated heterocycles. The quantitative estimate of drug-likeness (QED) is 0.480. The highest BCUT2D eigenvalue weighted by Gasteiger charge is 2.23. The van der Waals surface area contributed by atoms with Crippen molar-refractivity contribution in [3.63, 3.8) is 0 Å². The van der Waals surface area contributed by atoms with Crippen LogP contribution < -0.4 is 0 Å².